The van der Waals surface area contributed by atoms with E-state index in [0.717, 1.165) is 50.3 Å². The molecular formula is C22H27FN4O2. The summed E-state index contributed by atoms with van der Waals surface area (Å²) >= 11 is 0. The van der Waals surface area contributed by atoms with Gasteiger partial charge in [0.15, 0.2) is 0 Å². The molecule has 3 rings (SSSR count). The molecule has 0 radical (unpaired) electrons. The minimum Gasteiger partial charge on any atom is -0.334 e. The first-order valence-electron chi connectivity index (χ1n) is 9.89. The van der Waals surface area contributed by atoms with Crippen LogP contribution < -0.4 is 10.6 Å². The minimum absolute atomic E-state index is 0.198. The quantitative estimate of drug-likeness (QED) is 0.784. The molecule has 154 valence electrons. The molecule has 0 saturated carbocycles. The number of hydrogen-bond donors (Lipinski definition) is 2. The molecule has 2 aromatic rings. The Bertz CT molecular complexity index is 798. The van der Waals surface area contributed by atoms with E-state index < -0.39 is 6.03 Å². The van der Waals surface area contributed by atoms with Crippen LogP contribution in [0.4, 0.5) is 9.18 Å². The Morgan fingerprint density at radius 2 is 1.55 bits per heavy atom. The van der Waals surface area contributed by atoms with Crippen molar-refractivity contribution in [2.24, 2.45) is 0 Å². The van der Waals surface area contributed by atoms with Gasteiger partial charge in [0.2, 0.25) is 5.91 Å². The third-order valence-corrected chi connectivity index (χ3v) is 4.92. The Morgan fingerprint density at radius 3 is 2.31 bits per heavy atom. The molecule has 0 aliphatic carbocycles. The molecule has 7 heteroatoms. The van der Waals surface area contributed by atoms with Crippen LogP contribution in [0.15, 0.2) is 54.6 Å². The van der Waals surface area contributed by atoms with E-state index in [9.17, 15) is 14.0 Å². The summed E-state index contributed by atoms with van der Waals surface area (Å²) in [6.45, 7) is 4.64. The van der Waals surface area contributed by atoms with E-state index in [-0.39, 0.29) is 18.3 Å². The molecule has 6 nitrogen and oxygen atoms in total. The highest BCUT2D eigenvalue weighted by molar-refractivity contribution is 5.95. The van der Waals surface area contributed by atoms with Crippen LogP contribution >= 0.6 is 0 Å². The van der Waals surface area contributed by atoms with Gasteiger partial charge in [0, 0.05) is 26.2 Å². The van der Waals surface area contributed by atoms with Crippen molar-refractivity contribution >= 4 is 11.9 Å². The van der Waals surface area contributed by atoms with Crippen LogP contribution in [0.1, 0.15) is 17.5 Å². The van der Waals surface area contributed by atoms with Crippen molar-refractivity contribution in [3.05, 3.63) is 71.5 Å². The normalized spacial score (nSPS) is 15.5. The molecule has 0 spiro atoms. The number of nitrogens with zero attached hydrogens (tertiary/aromatic N) is 2. The van der Waals surface area contributed by atoms with E-state index in [1.54, 1.807) is 12.1 Å². The molecule has 1 fully saturated rings. The fraction of sp³-hybridized carbons (Fsp3) is 0.364. The smallest absolute Gasteiger partial charge is 0.321 e. The van der Waals surface area contributed by atoms with Crippen LogP contribution in [-0.4, -0.2) is 54.5 Å². The molecule has 0 aromatic heterocycles. The molecular weight excluding hydrogens is 371 g/mol. The number of halogens is 1. The molecule has 1 aliphatic heterocycles. The van der Waals surface area contributed by atoms with Crippen molar-refractivity contribution < 1.29 is 14.0 Å². The fourth-order valence-electron chi connectivity index (χ4n) is 3.38. The van der Waals surface area contributed by atoms with Crippen molar-refractivity contribution in [1.29, 1.82) is 0 Å². The lowest BCUT2D eigenvalue weighted by Gasteiger charge is -2.21. The number of carbonyl (C=O) groups is 2. The Hall–Kier alpha value is -2.77. The van der Waals surface area contributed by atoms with Crippen LogP contribution in [0.25, 0.3) is 0 Å². The number of carbonyl (C=O) groups excluding carboxylic acids is 2. The van der Waals surface area contributed by atoms with E-state index in [0.29, 0.717) is 6.54 Å². The van der Waals surface area contributed by atoms with Gasteiger partial charge in [0.25, 0.3) is 0 Å². The molecule has 0 unspecified atom stereocenters. The fourth-order valence-corrected chi connectivity index (χ4v) is 3.38. The SMILES string of the molecule is O=C(CN1CCCN(Cc2ccc(F)cc2)CC1)NC(=O)NCc1ccccc1. The molecule has 1 aliphatic rings. The number of hydrogen-bond acceptors (Lipinski definition) is 4. The van der Waals surface area contributed by atoms with Gasteiger partial charge in [-0.25, -0.2) is 9.18 Å². The molecule has 2 N–H and O–H groups in total. The highest BCUT2D eigenvalue weighted by atomic mass is 19.1. The zero-order valence-electron chi connectivity index (χ0n) is 16.4. The van der Waals surface area contributed by atoms with Gasteiger partial charge in [-0.1, -0.05) is 42.5 Å². The monoisotopic (exact) mass is 398 g/mol. The van der Waals surface area contributed by atoms with Crippen molar-refractivity contribution in [3.63, 3.8) is 0 Å². The van der Waals surface area contributed by atoms with E-state index in [1.165, 1.54) is 12.1 Å². The molecule has 2 aromatic carbocycles. The van der Waals surface area contributed by atoms with E-state index >= 15 is 0 Å². The van der Waals surface area contributed by atoms with Gasteiger partial charge >= 0.3 is 6.03 Å². The summed E-state index contributed by atoms with van der Waals surface area (Å²) in [4.78, 5) is 28.5. The largest absolute Gasteiger partial charge is 0.334 e. The summed E-state index contributed by atoms with van der Waals surface area (Å²) in [6.07, 6.45) is 0.939. The summed E-state index contributed by atoms with van der Waals surface area (Å²) in [6, 6.07) is 15.6. The third-order valence-electron chi connectivity index (χ3n) is 4.92. The number of urea groups is 1. The summed E-state index contributed by atoms with van der Waals surface area (Å²) in [5, 5.41) is 5.09. The first kappa shape index (κ1) is 21.0. The highest BCUT2D eigenvalue weighted by Gasteiger charge is 2.18. The highest BCUT2D eigenvalue weighted by Crippen LogP contribution is 2.10. The Balaban J connectivity index is 1.38. The van der Waals surface area contributed by atoms with Crippen molar-refractivity contribution in [2.45, 2.75) is 19.5 Å². The third kappa shape index (κ3) is 7.29. The maximum Gasteiger partial charge on any atom is 0.321 e. The van der Waals surface area contributed by atoms with Gasteiger partial charge in [-0.15, -0.1) is 0 Å². The number of rotatable bonds is 6. The maximum absolute atomic E-state index is 13.0. The van der Waals surface area contributed by atoms with Gasteiger partial charge < -0.3 is 5.32 Å². The van der Waals surface area contributed by atoms with Crippen LogP contribution in [-0.2, 0) is 17.9 Å². The molecule has 1 saturated heterocycles. The second-order valence-electron chi connectivity index (χ2n) is 7.25. The summed E-state index contributed by atoms with van der Waals surface area (Å²) in [7, 11) is 0. The van der Waals surface area contributed by atoms with E-state index in [1.807, 2.05) is 30.3 Å². The second kappa shape index (κ2) is 10.7. The summed E-state index contributed by atoms with van der Waals surface area (Å²) in [5.41, 5.74) is 2.05. The van der Waals surface area contributed by atoms with E-state index in [2.05, 4.69) is 20.4 Å². The number of benzene rings is 2. The van der Waals surface area contributed by atoms with Crippen LogP contribution in [0, 0.1) is 5.82 Å². The first-order chi connectivity index (χ1) is 14.1. The average molecular weight is 398 g/mol. The molecule has 29 heavy (non-hydrogen) atoms. The second-order valence-corrected chi connectivity index (χ2v) is 7.25. The van der Waals surface area contributed by atoms with Crippen molar-refractivity contribution in [3.8, 4) is 0 Å². The Kier molecular flexibility index (Phi) is 7.72. The Morgan fingerprint density at radius 1 is 0.862 bits per heavy atom. The van der Waals surface area contributed by atoms with Gasteiger partial charge in [-0.3, -0.25) is 19.9 Å². The maximum atomic E-state index is 13.0. The molecule has 3 amide bonds. The zero-order chi connectivity index (χ0) is 20.5. The molecule has 0 atom stereocenters. The Labute approximate surface area is 170 Å². The topological polar surface area (TPSA) is 64.7 Å². The summed E-state index contributed by atoms with van der Waals surface area (Å²) in [5.74, 6) is -0.530. The number of amides is 3. The van der Waals surface area contributed by atoms with Gasteiger partial charge in [0.1, 0.15) is 5.82 Å². The standard InChI is InChI=1S/C22H27FN4O2/c23-20-9-7-19(8-10-20)16-26-11-4-12-27(14-13-26)17-21(28)25-22(29)24-15-18-5-2-1-3-6-18/h1-3,5-10H,4,11-17H2,(H2,24,25,28,29). The lowest BCUT2D eigenvalue weighted by Crippen LogP contribution is -2.45. The van der Waals surface area contributed by atoms with Crippen LogP contribution in [0.5, 0.6) is 0 Å². The molecule has 1 heterocycles. The zero-order valence-corrected chi connectivity index (χ0v) is 16.4. The number of imide groups is 1. The minimum atomic E-state index is -0.480. The lowest BCUT2D eigenvalue weighted by atomic mass is 10.2. The van der Waals surface area contributed by atoms with Crippen LogP contribution in [0.3, 0.4) is 0 Å². The van der Waals surface area contributed by atoms with Crippen molar-refractivity contribution in [2.75, 3.05) is 32.7 Å². The number of nitrogens with one attached hydrogen (secondary N) is 2. The van der Waals surface area contributed by atoms with Gasteiger partial charge in [-0.05, 0) is 42.8 Å². The predicted molar refractivity (Wildman–Crippen MR) is 110 cm³/mol. The first-order valence-corrected chi connectivity index (χ1v) is 9.89. The van der Waals surface area contributed by atoms with E-state index in [4.69, 9.17) is 0 Å². The lowest BCUT2D eigenvalue weighted by molar-refractivity contribution is -0.121. The van der Waals surface area contributed by atoms with Gasteiger partial charge in [-0.2, -0.15) is 0 Å². The van der Waals surface area contributed by atoms with Crippen molar-refractivity contribution in [1.82, 2.24) is 20.4 Å². The summed E-state index contributed by atoms with van der Waals surface area (Å²) < 4.78 is 13.0. The molecule has 0 bridgehead atoms. The predicted octanol–water partition coefficient (Wildman–Crippen LogP) is 2.36. The average Bonchev–Trinajstić information content (AvgIpc) is 2.94. The van der Waals surface area contributed by atoms with Crippen LogP contribution in [0.2, 0.25) is 0 Å². The van der Waals surface area contributed by atoms with Gasteiger partial charge in [0.05, 0.1) is 6.54 Å².